The van der Waals surface area contributed by atoms with Gasteiger partial charge in [0.25, 0.3) is 5.91 Å². The molecule has 1 N–H and O–H groups in total. The van der Waals surface area contributed by atoms with Crippen LogP contribution in [-0.2, 0) is 11.2 Å². The minimum Gasteiger partial charge on any atom is -0.361 e. The lowest BCUT2D eigenvalue weighted by Gasteiger charge is -2.10. The molecule has 0 unspecified atom stereocenters. The second kappa shape index (κ2) is 4.63. The molecule has 0 spiro atoms. The smallest absolute Gasteiger partial charge is 0.272 e. The molecule has 0 aliphatic carbocycles. The van der Waals surface area contributed by atoms with Gasteiger partial charge < -0.3 is 4.98 Å². The summed E-state index contributed by atoms with van der Waals surface area (Å²) in [6.07, 6.45) is 4.10. The molecule has 5 nitrogen and oxygen atoms in total. The average molecular weight is 276 g/mol. The summed E-state index contributed by atoms with van der Waals surface area (Å²) in [5.41, 5.74) is 2.56. The summed E-state index contributed by atoms with van der Waals surface area (Å²) in [7, 11) is 0. The normalized spacial score (nSPS) is 17.1. The van der Waals surface area contributed by atoms with Crippen molar-refractivity contribution in [1.29, 1.82) is 0 Å². The van der Waals surface area contributed by atoms with Crippen LogP contribution in [0, 0.1) is 0 Å². The van der Waals surface area contributed by atoms with E-state index in [0.717, 1.165) is 16.5 Å². The van der Waals surface area contributed by atoms with Crippen LogP contribution in [0.5, 0.6) is 0 Å². The molecule has 21 heavy (non-hydrogen) atoms. The Labute approximate surface area is 120 Å². The van der Waals surface area contributed by atoms with Crippen molar-refractivity contribution in [2.75, 3.05) is 0 Å². The van der Waals surface area contributed by atoms with Crippen molar-refractivity contribution in [2.24, 2.45) is 9.98 Å². The quantitative estimate of drug-likeness (QED) is 0.757. The first kappa shape index (κ1) is 12.0. The molecule has 1 atom stereocenters. The molecule has 1 aliphatic rings. The molecule has 0 radical (unpaired) electrons. The molecule has 1 amide bonds. The lowest BCUT2D eigenvalue weighted by molar-refractivity contribution is -0.119. The van der Waals surface area contributed by atoms with E-state index in [-0.39, 0.29) is 5.91 Å². The van der Waals surface area contributed by atoms with Gasteiger partial charge in [-0.15, -0.1) is 0 Å². The maximum absolute atomic E-state index is 12.1. The minimum atomic E-state index is -0.471. The van der Waals surface area contributed by atoms with E-state index >= 15 is 0 Å². The van der Waals surface area contributed by atoms with Gasteiger partial charge in [0.05, 0.1) is 0 Å². The van der Waals surface area contributed by atoms with Gasteiger partial charge in [-0.25, -0.2) is 4.98 Å². The van der Waals surface area contributed by atoms with Gasteiger partial charge in [-0.05, 0) is 23.8 Å². The zero-order chi connectivity index (χ0) is 14.2. The average Bonchev–Trinajstić information content (AvgIpc) is 2.91. The number of para-hydroxylation sites is 1. The maximum Gasteiger partial charge on any atom is 0.272 e. The van der Waals surface area contributed by atoms with Crippen molar-refractivity contribution in [3.05, 3.63) is 65.2 Å². The zero-order valence-corrected chi connectivity index (χ0v) is 11.2. The molecular weight excluding hydrogens is 264 g/mol. The molecular formula is C16H12N4O. The van der Waals surface area contributed by atoms with E-state index in [4.69, 9.17) is 0 Å². The molecule has 5 heteroatoms. The lowest BCUT2D eigenvalue weighted by atomic mass is 10.0. The molecule has 0 saturated carbocycles. The Kier molecular flexibility index (Phi) is 2.64. The van der Waals surface area contributed by atoms with E-state index in [2.05, 4.69) is 20.0 Å². The fourth-order valence-corrected chi connectivity index (χ4v) is 2.62. The van der Waals surface area contributed by atoms with Gasteiger partial charge in [0.15, 0.2) is 5.49 Å². The Morgan fingerprint density at radius 3 is 3.00 bits per heavy atom. The van der Waals surface area contributed by atoms with Crippen molar-refractivity contribution in [3.8, 4) is 0 Å². The molecule has 0 bridgehead atoms. The predicted molar refractivity (Wildman–Crippen MR) is 77.3 cm³/mol. The first-order chi connectivity index (χ1) is 10.3. The largest absolute Gasteiger partial charge is 0.361 e. The summed E-state index contributed by atoms with van der Waals surface area (Å²) in [4.78, 5) is 27.9. The number of pyridine rings is 1. The van der Waals surface area contributed by atoms with E-state index in [1.54, 1.807) is 12.3 Å². The number of carbonyl (C=O) groups is 1. The van der Waals surface area contributed by atoms with Crippen LogP contribution in [0.4, 0.5) is 0 Å². The fourth-order valence-electron chi connectivity index (χ4n) is 2.62. The molecule has 3 heterocycles. The molecule has 3 aromatic rings. The molecule has 1 aliphatic heterocycles. The van der Waals surface area contributed by atoms with Crippen LogP contribution in [0.25, 0.3) is 10.9 Å². The van der Waals surface area contributed by atoms with Crippen molar-refractivity contribution in [2.45, 2.75) is 12.5 Å². The van der Waals surface area contributed by atoms with Crippen molar-refractivity contribution >= 4 is 16.8 Å². The highest BCUT2D eigenvalue weighted by molar-refractivity contribution is 5.86. The van der Waals surface area contributed by atoms with Crippen LogP contribution in [0.1, 0.15) is 5.56 Å². The summed E-state index contributed by atoms with van der Waals surface area (Å²) in [6.45, 7) is 0. The molecule has 4 rings (SSSR count). The fraction of sp³-hybridized carbons (Fsp3) is 0.125. The van der Waals surface area contributed by atoms with Crippen LogP contribution in [0.3, 0.4) is 0 Å². The number of fused-ring (bicyclic) bond motifs is 2. The number of carbonyl (C=O) groups excluding carboxylic acids is 1. The van der Waals surface area contributed by atoms with Gasteiger partial charge in [0.1, 0.15) is 11.4 Å². The second-order valence-electron chi connectivity index (χ2n) is 5.00. The predicted octanol–water partition coefficient (Wildman–Crippen LogP) is 0.954. The number of nitrogens with zero attached hydrogens (tertiary/aromatic N) is 3. The van der Waals surface area contributed by atoms with Gasteiger partial charge >= 0.3 is 0 Å². The highest BCUT2D eigenvalue weighted by Crippen LogP contribution is 2.20. The second-order valence-corrected chi connectivity index (χ2v) is 5.00. The molecule has 102 valence electrons. The number of aromatic amines is 1. The summed E-state index contributed by atoms with van der Waals surface area (Å²) in [5.74, 6) is -0.230. The van der Waals surface area contributed by atoms with Crippen LogP contribution in [-0.4, -0.2) is 21.9 Å². The molecule has 0 fully saturated rings. The van der Waals surface area contributed by atoms with Crippen molar-refractivity contribution in [1.82, 2.24) is 9.97 Å². The Balaban J connectivity index is 1.75. The number of rotatable bonds is 2. The number of hydrogen-bond donors (Lipinski definition) is 1. The summed E-state index contributed by atoms with van der Waals surface area (Å²) in [5, 5.41) is 1.81. The van der Waals surface area contributed by atoms with Gasteiger partial charge in [-0.3, -0.25) is 9.79 Å². The topological polar surface area (TPSA) is 70.5 Å². The monoisotopic (exact) mass is 276 g/mol. The van der Waals surface area contributed by atoms with Crippen molar-refractivity contribution in [3.63, 3.8) is 0 Å². The van der Waals surface area contributed by atoms with Crippen molar-refractivity contribution < 1.29 is 4.79 Å². The number of benzene rings is 1. The Hall–Kier alpha value is -2.82. The van der Waals surface area contributed by atoms with Gasteiger partial charge in [-0.2, -0.15) is 4.99 Å². The van der Waals surface area contributed by atoms with Gasteiger partial charge in [0, 0.05) is 29.7 Å². The zero-order valence-electron chi connectivity index (χ0n) is 11.2. The first-order valence-corrected chi connectivity index (χ1v) is 6.78. The summed E-state index contributed by atoms with van der Waals surface area (Å²) < 4.78 is 0. The number of amides is 1. The van der Waals surface area contributed by atoms with Crippen LogP contribution in [0.2, 0.25) is 0 Å². The Morgan fingerprint density at radius 2 is 2.05 bits per heavy atom. The third-order valence-electron chi connectivity index (χ3n) is 3.65. The Morgan fingerprint density at radius 1 is 1.14 bits per heavy atom. The van der Waals surface area contributed by atoms with E-state index in [0.29, 0.717) is 17.3 Å². The lowest BCUT2D eigenvalue weighted by Crippen LogP contribution is -2.39. The number of nitrogens with one attached hydrogen (secondary N) is 1. The molecule has 2 aromatic heterocycles. The SMILES string of the molecule is O=C1N=c2ncccc2=N[C@@H]1Cc1c[nH]c2ccccc12. The molecule has 0 saturated heterocycles. The van der Waals surface area contributed by atoms with Crippen LogP contribution in [0.15, 0.2) is 58.8 Å². The highest BCUT2D eigenvalue weighted by Gasteiger charge is 2.21. The van der Waals surface area contributed by atoms with E-state index in [1.165, 1.54) is 0 Å². The van der Waals surface area contributed by atoms with Gasteiger partial charge in [0.2, 0.25) is 0 Å². The summed E-state index contributed by atoms with van der Waals surface area (Å²) >= 11 is 0. The standard InChI is InChI=1S/C16H12N4O/c21-16-14(19-13-6-3-7-17-15(13)20-16)8-10-9-18-12-5-2-1-4-11(10)12/h1-7,9,14,18H,8H2/t14-/m1/s1. The summed E-state index contributed by atoms with van der Waals surface area (Å²) in [6, 6.07) is 11.2. The first-order valence-electron chi connectivity index (χ1n) is 6.78. The molecule has 1 aromatic carbocycles. The van der Waals surface area contributed by atoms with Gasteiger partial charge in [-0.1, -0.05) is 18.2 Å². The number of H-pyrrole nitrogens is 1. The van der Waals surface area contributed by atoms with Crippen LogP contribution < -0.4 is 10.8 Å². The number of hydrogen-bond acceptors (Lipinski definition) is 3. The van der Waals surface area contributed by atoms with E-state index in [9.17, 15) is 4.79 Å². The maximum atomic E-state index is 12.1. The third-order valence-corrected chi connectivity index (χ3v) is 3.65. The van der Waals surface area contributed by atoms with E-state index in [1.807, 2.05) is 36.5 Å². The van der Waals surface area contributed by atoms with E-state index < -0.39 is 6.04 Å². The third kappa shape index (κ3) is 2.03. The highest BCUT2D eigenvalue weighted by atomic mass is 16.1. The minimum absolute atomic E-state index is 0.230. The number of aromatic nitrogens is 2. The van der Waals surface area contributed by atoms with Crippen LogP contribution >= 0.6 is 0 Å². The Bertz CT molecular complexity index is 958.